The Bertz CT molecular complexity index is 962. The first-order valence-corrected chi connectivity index (χ1v) is 8.26. The van der Waals surface area contributed by atoms with Crippen LogP contribution in [-0.2, 0) is 0 Å². The van der Waals surface area contributed by atoms with Crippen molar-refractivity contribution in [3.05, 3.63) is 84.3 Å². The van der Waals surface area contributed by atoms with Crippen molar-refractivity contribution in [2.75, 3.05) is 23.1 Å². The van der Waals surface area contributed by atoms with E-state index in [4.69, 9.17) is 5.10 Å². The van der Waals surface area contributed by atoms with Gasteiger partial charge in [0.2, 0.25) is 0 Å². The minimum atomic E-state index is 0.506. The summed E-state index contributed by atoms with van der Waals surface area (Å²) in [4.78, 5) is 11.0. The Hall–Kier alpha value is -3.72. The van der Waals surface area contributed by atoms with E-state index in [1.54, 1.807) is 18.5 Å². The van der Waals surface area contributed by atoms with Gasteiger partial charge in [0.25, 0.3) is 0 Å². The molecule has 0 aliphatic carbocycles. The van der Waals surface area contributed by atoms with Crippen LogP contribution in [0.4, 0.5) is 11.5 Å². The Morgan fingerprint density at radius 1 is 0.885 bits per heavy atom. The molecule has 0 bridgehead atoms. The van der Waals surface area contributed by atoms with E-state index in [0.29, 0.717) is 18.8 Å². The molecule has 1 aliphatic heterocycles. The largest absolute Gasteiger partial charge is 0.331 e. The summed E-state index contributed by atoms with van der Waals surface area (Å²) >= 11 is 0. The first-order chi connectivity index (χ1) is 12.8. The van der Waals surface area contributed by atoms with Crippen molar-refractivity contribution in [3.63, 3.8) is 0 Å². The number of anilines is 2. The van der Waals surface area contributed by atoms with E-state index >= 15 is 0 Å². The van der Waals surface area contributed by atoms with Crippen LogP contribution in [0, 0.1) is 11.3 Å². The molecule has 126 valence electrons. The maximum atomic E-state index is 9.45. The van der Waals surface area contributed by atoms with Gasteiger partial charge in [0, 0.05) is 12.4 Å². The summed E-state index contributed by atoms with van der Waals surface area (Å²) < 4.78 is 0. The lowest BCUT2D eigenvalue weighted by Crippen LogP contribution is -2.45. The van der Waals surface area contributed by atoms with Gasteiger partial charge >= 0.3 is 0 Å². The van der Waals surface area contributed by atoms with Crippen LogP contribution in [0.1, 0.15) is 11.3 Å². The summed E-state index contributed by atoms with van der Waals surface area (Å²) in [6, 6.07) is 21.3. The maximum absolute atomic E-state index is 9.45. The molecule has 0 radical (unpaired) electrons. The lowest BCUT2D eigenvalue weighted by atomic mass is 10.1. The number of nitriles is 1. The van der Waals surface area contributed by atoms with E-state index in [9.17, 15) is 5.26 Å². The van der Waals surface area contributed by atoms with Gasteiger partial charge in [0.15, 0.2) is 0 Å². The average molecular weight is 340 g/mol. The predicted octanol–water partition coefficient (Wildman–Crippen LogP) is 3.04. The number of hydrogen-bond acceptors (Lipinski definition) is 6. The van der Waals surface area contributed by atoms with Crippen LogP contribution in [0.5, 0.6) is 0 Å². The fourth-order valence-electron chi connectivity index (χ4n) is 2.88. The van der Waals surface area contributed by atoms with E-state index in [0.717, 1.165) is 22.9 Å². The SMILES string of the molecule is N#Cc1ccccc1N1CN(c2ccccn2)CC(c2ccccn2)=N1. The number of benzene rings is 1. The molecule has 0 saturated heterocycles. The third-order valence-electron chi connectivity index (χ3n) is 4.12. The van der Waals surface area contributed by atoms with Crippen molar-refractivity contribution in [2.24, 2.45) is 5.10 Å². The second kappa shape index (κ2) is 7.03. The van der Waals surface area contributed by atoms with Crippen LogP contribution in [0.25, 0.3) is 0 Å². The standard InChI is InChI=1S/C20H16N6/c21-13-16-7-1-2-9-19(16)26-15-25(20-10-4-6-12-23-20)14-18(24-26)17-8-3-5-11-22-17/h1-12H,14-15H2. The Labute approximate surface area is 151 Å². The van der Waals surface area contributed by atoms with Crippen LogP contribution >= 0.6 is 0 Å². The molecule has 4 rings (SSSR count). The summed E-state index contributed by atoms with van der Waals surface area (Å²) in [5, 5.41) is 16.1. The second-order valence-electron chi connectivity index (χ2n) is 5.82. The highest BCUT2D eigenvalue weighted by atomic mass is 15.5. The van der Waals surface area contributed by atoms with Crippen LogP contribution in [0.2, 0.25) is 0 Å². The molecule has 6 heteroatoms. The number of para-hydroxylation sites is 1. The van der Waals surface area contributed by atoms with Crippen LogP contribution in [0.3, 0.4) is 0 Å². The Balaban J connectivity index is 1.78. The number of hydrogen-bond donors (Lipinski definition) is 0. The van der Waals surface area contributed by atoms with E-state index in [-0.39, 0.29) is 0 Å². The van der Waals surface area contributed by atoms with Crippen molar-refractivity contribution in [2.45, 2.75) is 0 Å². The monoisotopic (exact) mass is 340 g/mol. The highest BCUT2D eigenvalue weighted by molar-refractivity contribution is 6.03. The number of aromatic nitrogens is 2. The molecule has 3 aromatic rings. The highest BCUT2D eigenvalue weighted by Crippen LogP contribution is 2.25. The molecular weight excluding hydrogens is 324 g/mol. The van der Waals surface area contributed by atoms with Crippen molar-refractivity contribution in [3.8, 4) is 6.07 Å². The van der Waals surface area contributed by atoms with Gasteiger partial charge in [-0.05, 0) is 36.4 Å². The molecule has 0 amide bonds. The number of nitrogens with zero attached hydrogens (tertiary/aromatic N) is 6. The fraction of sp³-hybridized carbons (Fsp3) is 0.100. The molecular formula is C20H16N6. The third kappa shape index (κ3) is 3.10. The Morgan fingerprint density at radius 2 is 1.65 bits per heavy atom. The van der Waals surface area contributed by atoms with Gasteiger partial charge in [-0.25, -0.2) is 9.99 Å². The lowest BCUT2D eigenvalue weighted by Gasteiger charge is -2.35. The summed E-state index contributed by atoms with van der Waals surface area (Å²) in [6.07, 6.45) is 3.53. The van der Waals surface area contributed by atoms with E-state index < -0.39 is 0 Å². The molecule has 0 saturated carbocycles. The van der Waals surface area contributed by atoms with E-state index in [1.165, 1.54) is 0 Å². The normalized spacial score (nSPS) is 13.9. The fourth-order valence-corrected chi connectivity index (χ4v) is 2.88. The predicted molar refractivity (Wildman–Crippen MR) is 101 cm³/mol. The van der Waals surface area contributed by atoms with Gasteiger partial charge in [-0.2, -0.15) is 10.4 Å². The second-order valence-corrected chi connectivity index (χ2v) is 5.82. The molecule has 0 fully saturated rings. The maximum Gasteiger partial charge on any atom is 0.130 e. The van der Waals surface area contributed by atoms with E-state index in [1.807, 2.05) is 59.6 Å². The minimum Gasteiger partial charge on any atom is -0.331 e. The van der Waals surface area contributed by atoms with Crippen molar-refractivity contribution >= 4 is 17.2 Å². The van der Waals surface area contributed by atoms with Gasteiger partial charge in [-0.3, -0.25) is 4.98 Å². The first kappa shape index (κ1) is 15.8. The van der Waals surface area contributed by atoms with Gasteiger partial charge < -0.3 is 4.90 Å². The molecule has 1 aliphatic rings. The molecule has 0 spiro atoms. The average Bonchev–Trinajstić information content (AvgIpc) is 2.74. The third-order valence-corrected chi connectivity index (χ3v) is 4.12. The number of hydrazone groups is 1. The van der Waals surface area contributed by atoms with Crippen LogP contribution in [0.15, 0.2) is 78.2 Å². The molecule has 26 heavy (non-hydrogen) atoms. The minimum absolute atomic E-state index is 0.506. The molecule has 0 N–H and O–H groups in total. The van der Waals surface area contributed by atoms with Crippen molar-refractivity contribution < 1.29 is 0 Å². The van der Waals surface area contributed by atoms with Crippen molar-refractivity contribution in [1.29, 1.82) is 5.26 Å². The van der Waals surface area contributed by atoms with E-state index in [2.05, 4.69) is 20.9 Å². The quantitative estimate of drug-likeness (QED) is 0.733. The number of rotatable bonds is 3. The van der Waals surface area contributed by atoms with Gasteiger partial charge in [0.1, 0.15) is 24.3 Å². The zero-order chi connectivity index (χ0) is 17.8. The zero-order valence-electron chi connectivity index (χ0n) is 14.0. The summed E-state index contributed by atoms with van der Waals surface area (Å²) in [7, 11) is 0. The summed E-state index contributed by atoms with van der Waals surface area (Å²) in [6.45, 7) is 1.10. The smallest absolute Gasteiger partial charge is 0.130 e. The first-order valence-electron chi connectivity index (χ1n) is 8.26. The van der Waals surface area contributed by atoms with Gasteiger partial charge in [0.05, 0.1) is 23.5 Å². The molecule has 0 unspecified atom stereocenters. The van der Waals surface area contributed by atoms with Crippen LogP contribution < -0.4 is 9.91 Å². The summed E-state index contributed by atoms with van der Waals surface area (Å²) in [5.41, 5.74) is 2.99. The van der Waals surface area contributed by atoms with Gasteiger partial charge in [-0.15, -0.1) is 0 Å². The molecule has 6 nitrogen and oxygen atoms in total. The number of pyridine rings is 2. The van der Waals surface area contributed by atoms with Crippen molar-refractivity contribution in [1.82, 2.24) is 9.97 Å². The molecule has 2 aromatic heterocycles. The van der Waals surface area contributed by atoms with Crippen LogP contribution in [-0.4, -0.2) is 28.9 Å². The molecule has 3 heterocycles. The molecule has 0 atom stereocenters. The highest BCUT2D eigenvalue weighted by Gasteiger charge is 2.24. The zero-order valence-corrected chi connectivity index (χ0v) is 14.0. The summed E-state index contributed by atoms with van der Waals surface area (Å²) in [5.74, 6) is 0.857. The Kier molecular flexibility index (Phi) is 4.27. The Morgan fingerprint density at radius 3 is 2.38 bits per heavy atom. The van der Waals surface area contributed by atoms with Gasteiger partial charge in [-0.1, -0.05) is 24.3 Å². The lowest BCUT2D eigenvalue weighted by molar-refractivity contribution is 0.746. The molecule has 1 aromatic carbocycles. The topological polar surface area (TPSA) is 68.4 Å².